The van der Waals surface area contributed by atoms with Crippen molar-refractivity contribution in [3.63, 3.8) is 0 Å². The van der Waals surface area contributed by atoms with Crippen LogP contribution in [0.3, 0.4) is 0 Å². The summed E-state index contributed by atoms with van der Waals surface area (Å²) in [5, 5.41) is 0. The molecule has 98 valence electrons. The lowest BCUT2D eigenvalue weighted by Crippen LogP contribution is -2.07. The van der Waals surface area contributed by atoms with Crippen LogP contribution < -0.4 is 4.74 Å². The number of hydrogen-bond acceptors (Lipinski definition) is 2. The molecule has 1 fully saturated rings. The van der Waals surface area contributed by atoms with Gasteiger partial charge < -0.3 is 4.74 Å². The van der Waals surface area contributed by atoms with E-state index in [4.69, 9.17) is 4.74 Å². The maximum atomic E-state index is 11.7. The van der Waals surface area contributed by atoms with E-state index in [9.17, 15) is 4.79 Å². The second kappa shape index (κ2) is 6.03. The van der Waals surface area contributed by atoms with E-state index >= 15 is 0 Å². The molecule has 1 aromatic carbocycles. The summed E-state index contributed by atoms with van der Waals surface area (Å²) in [4.78, 5) is 11.7. The minimum atomic E-state index is 0.0936. The number of carbonyl (C=O) groups excluding carboxylic acids is 1. The Labute approximate surface area is 109 Å². The van der Waals surface area contributed by atoms with E-state index in [0.29, 0.717) is 12.5 Å². The van der Waals surface area contributed by atoms with Crippen molar-refractivity contribution in [3.8, 4) is 5.75 Å². The normalized spacial score (nSPS) is 16.6. The van der Waals surface area contributed by atoms with Gasteiger partial charge in [-0.1, -0.05) is 25.3 Å². The summed E-state index contributed by atoms with van der Waals surface area (Å²) in [5.74, 6) is 1.45. The molecular formula is C16H22O2. The van der Waals surface area contributed by atoms with Crippen LogP contribution in [0.4, 0.5) is 0 Å². The first-order chi connectivity index (χ1) is 8.72. The molecule has 0 atom stereocenters. The van der Waals surface area contributed by atoms with Gasteiger partial charge in [-0.25, -0.2) is 0 Å². The minimum absolute atomic E-state index is 0.0936. The summed E-state index contributed by atoms with van der Waals surface area (Å²) in [7, 11) is 0. The van der Waals surface area contributed by atoms with E-state index in [2.05, 4.69) is 6.07 Å². The molecule has 0 aliphatic heterocycles. The van der Waals surface area contributed by atoms with Crippen LogP contribution in [0.25, 0.3) is 0 Å². The topological polar surface area (TPSA) is 26.3 Å². The number of ether oxygens (including phenoxy) is 1. The maximum Gasteiger partial charge on any atom is 0.163 e. The average Bonchev–Trinajstić information content (AvgIpc) is 2.40. The van der Waals surface area contributed by atoms with Gasteiger partial charge in [-0.05, 0) is 50.3 Å². The van der Waals surface area contributed by atoms with Crippen LogP contribution >= 0.6 is 0 Å². The fourth-order valence-corrected chi connectivity index (χ4v) is 2.79. The standard InChI is InChI=1S/C16H22O2/c1-3-18-16-10-9-14(11-15(16)12(2)17)13-7-5-4-6-8-13/h9-11,13H,3-8H2,1-2H3. The number of Topliss-reactive ketones (excluding diaryl/α,β-unsaturated/α-hetero) is 1. The highest BCUT2D eigenvalue weighted by Gasteiger charge is 2.18. The second-order valence-corrected chi connectivity index (χ2v) is 5.08. The van der Waals surface area contributed by atoms with Crippen LogP contribution in [0.15, 0.2) is 18.2 Å². The molecule has 0 amide bonds. The van der Waals surface area contributed by atoms with E-state index in [-0.39, 0.29) is 5.78 Å². The predicted molar refractivity (Wildman–Crippen MR) is 73.4 cm³/mol. The van der Waals surface area contributed by atoms with Gasteiger partial charge in [-0.2, -0.15) is 0 Å². The fraction of sp³-hybridized carbons (Fsp3) is 0.562. The highest BCUT2D eigenvalue weighted by atomic mass is 16.5. The largest absolute Gasteiger partial charge is 0.493 e. The van der Waals surface area contributed by atoms with Crippen molar-refractivity contribution in [2.24, 2.45) is 0 Å². The van der Waals surface area contributed by atoms with Crippen LogP contribution in [-0.4, -0.2) is 12.4 Å². The van der Waals surface area contributed by atoms with Crippen molar-refractivity contribution >= 4 is 5.78 Å². The van der Waals surface area contributed by atoms with Crippen LogP contribution in [0.5, 0.6) is 5.75 Å². The number of ketones is 1. The molecule has 0 aromatic heterocycles. The third-order valence-electron chi connectivity index (χ3n) is 3.76. The van der Waals surface area contributed by atoms with Gasteiger partial charge in [-0.3, -0.25) is 4.79 Å². The average molecular weight is 246 g/mol. The summed E-state index contributed by atoms with van der Waals surface area (Å²) in [6.45, 7) is 4.16. The van der Waals surface area contributed by atoms with Gasteiger partial charge in [0.1, 0.15) is 5.75 Å². The van der Waals surface area contributed by atoms with E-state index in [0.717, 1.165) is 11.3 Å². The summed E-state index contributed by atoms with van der Waals surface area (Å²) >= 11 is 0. The lowest BCUT2D eigenvalue weighted by molar-refractivity contribution is 0.101. The molecule has 1 aliphatic carbocycles. The van der Waals surface area contributed by atoms with Gasteiger partial charge in [0.2, 0.25) is 0 Å². The Hall–Kier alpha value is -1.31. The number of hydrogen-bond donors (Lipinski definition) is 0. The Bertz CT molecular complexity index is 417. The first-order valence-corrected chi connectivity index (χ1v) is 7.00. The zero-order chi connectivity index (χ0) is 13.0. The molecular weight excluding hydrogens is 224 g/mol. The van der Waals surface area contributed by atoms with Gasteiger partial charge in [0.25, 0.3) is 0 Å². The van der Waals surface area contributed by atoms with Crippen molar-refractivity contribution in [2.75, 3.05) is 6.61 Å². The van der Waals surface area contributed by atoms with Crippen molar-refractivity contribution < 1.29 is 9.53 Å². The highest BCUT2D eigenvalue weighted by Crippen LogP contribution is 2.34. The first kappa shape index (κ1) is 13.1. The van der Waals surface area contributed by atoms with Crippen LogP contribution in [0.2, 0.25) is 0 Å². The monoisotopic (exact) mass is 246 g/mol. The summed E-state index contributed by atoms with van der Waals surface area (Å²) < 4.78 is 5.52. The molecule has 0 N–H and O–H groups in total. The minimum Gasteiger partial charge on any atom is -0.493 e. The number of benzene rings is 1. The van der Waals surface area contributed by atoms with Crippen molar-refractivity contribution in [1.29, 1.82) is 0 Å². The van der Waals surface area contributed by atoms with Gasteiger partial charge >= 0.3 is 0 Å². The molecule has 0 radical (unpaired) electrons. The van der Waals surface area contributed by atoms with Crippen LogP contribution in [0, 0.1) is 0 Å². The van der Waals surface area contributed by atoms with Gasteiger partial charge in [0, 0.05) is 0 Å². The molecule has 0 heterocycles. The second-order valence-electron chi connectivity index (χ2n) is 5.08. The lowest BCUT2D eigenvalue weighted by atomic mass is 9.83. The molecule has 0 bridgehead atoms. The zero-order valence-corrected chi connectivity index (χ0v) is 11.4. The molecule has 2 rings (SSSR count). The summed E-state index contributed by atoms with van der Waals surface area (Å²) in [6, 6.07) is 6.14. The molecule has 18 heavy (non-hydrogen) atoms. The van der Waals surface area contributed by atoms with Crippen molar-refractivity contribution in [3.05, 3.63) is 29.3 Å². The summed E-state index contributed by atoms with van der Waals surface area (Å²) in [6.07, 6.45) is 6.49. The third-order valence-corrected chi connectivity index (χ3v) is 3.76. The quantitative estimate of drug-likeness (QED) is 0.739. The first-order valence-electron chi connectivity index (χ1n) is 7.00. The zero-order valence-electron chi connectivity index (χ0n) is 11.4. The van der Waals surface area contributed by atoms with Gasteiger partial charge in [0.15, 0.2) is 5.78 Å². The van der Waals surface area contributed by atoms with E-state index in [1.54, 1.807) is 6.92 Å². The molecule has 1 saturated carbocycles. The van der Waals surface area contributed by atoms with Gasteiger partial charge in [-0.15, -0.1) is 0 Å². The smallest absolute Gasteiger partial charge is 0.163 e. The lowest BCUT2D eigenvalue weighted by Gasteiger charge is -2.22. The highest BCUT2D eigenvalue weighted by molar-refractivity contribution is 5.97. The molecule has 0 unspecified atom stereocenters. The Morgan fingerprint density at radius 2 is 2.00 bits per heavy atom. The Kier molecular flexibility index (Phi) is 4.40. The van der Waals surface area contributed by atoms with E-state index in [1.807, 2.05) is 19.1 Å². The number of carbonyl (C=O) groups is 1. The van der Waals surface area contributed by atoms with Crippen LogP contribution in [0.1, 0.15) is 67.8 Å². The Balaban J connectivity index is 2.27. The summed E-state index contributed by atoms with van der Waals surface area (Å²) in [5.41, 5.74) is 2.04. The Morgan fingerprint density at radius 1 is 1.28 bits per heavy atom. The molecule has 2 nitrogen and oxygen atoms in total. The molecule has 2 heteroatoms. The molecule has 0 spiro atoms. The maximum absolute atomic E-state index is 11.7. The molecule has 1 aromatic rings. The molecule has 0 saturated heterocycles. The number of rotatable bonds is 4. The predicted octanol–water partition coefficient (Wildman–Crippen LogP) is 4.34. The SMILES string of the molecule is CCOc1ccc(C2CCCCC2)cc1C(C)=O. The van der Waals surface area contributed by atoms with Crippen LogP contribution in [-0.2, 0) is 0 Å². The van der Waals surface area contributed by atoms with E-state index in [1.165, 1.54) is 37.7 Å². The Morgan fingerprint density at radius 3 is 2.61 bits per heavy atom. The fourth-order valence-electron chi connectivity index (χ4n) is 2.79. The van der Waals surface area contributed by atoms with Gasteiger partial charge in [0.05, 0.1) is 12.2 Å². The van der Waals surface area contributed by atoms with Crippen molar-refractivity contribution in [1.82, 2.24) is 0 Å². The third kappa shape index (κ3) is 2.92. The van der Waals surface area contributed by atoms with Crippen molar-refractivity contribution in [2.45, 2.75) is 51.9 Å². The van der Waals surface area contributed by atoms with E-state index < -0.39 is 0 Å². The molecule has 1 aliphatic rings.